The fourth-order valence-corrected chi connectivity index (χ4v) is 4.09. The first kappa shape index (κ1) is 17.6. The predicted octanol–water partition coefficient (Wildman–Crippen LogP) is 2.63. The van der Waals surface area contributed by atoms with Crippen molar-refractivity contribution in [3.63, 3.8) is 0 Å². The number of nitrogens with one attached hydrogen (secondary N) is 2. The van der Waals surface area contributed by atoms with Gasteiger partial charge in [-0.2, -0.15) is 0 Å². The van der Waals surface area contributed by atoms with Gasteiger partial charge in [-0.25, -0.2) is 0 Å². The number of amides is 2. The highest BCUT2D eigenvalue weighted by Gasteiger charge is 2.41. The second-order valence-corrected chi connectivity index (χ2v) is 7.46. The molecule has 0 aromatic heterocycles. The first-order valence-electron chi connectivity index (χ1n) is 6.99. The van der Waals surface area contributed by atoms with Gasteiger partial charge >= 0.3 is 0 Å². The molecule has 0 spiro atoms. The van der Waals surface area contributed by atoms with E-state index in [2.05, 4.69) is 10.6 Å². The summed E-state index contributed by atoms with van der Waals surface area (Å²) in [6.45, 7) is 0. The quantitative estimate of drug-likeness (QED) is 0.615. The van der Waals surface area contributed by atoms with Crippen LogP contribution in [0.5, 0.6) is 0 Å². The van der Waals surface area contributed by atoms with E-state index >= 15 is 0 Å². The van der Waals surface area contributed by atoms with E-state index in [1.165, 1.54) is 24.3 Å². The third-order valence-electron chi connectivity index (χ3n) is 3.46. The zero-order chi connectivity index (χ0) is 18.1. The van der Waals surface area contributed by atoms with Crippen LogP contribution in [0.4, 0.5) is 11.4 Å². The number of hydrogen-bond donors (Lipinski definition) is 2. The van der Waals surface area contributed by atoms with Crippen molar-refractivity contribution in [2.24, 2.45) is 0 Å². The first-order valence-corrected chi connectivity index (χ1v) is 8.96. The summed E-state index contributed by atoms with van der Waals surface area (Å²) in [4.78, 5) is 37.0. The molecule has 6 nitrogen and oxygen atoms in total. The van der Waals surface area contributed by atoms with Crippen LogP contribution in [-0.2, 0) is 25.2 Å². The number of hydrogen-bond acceptors (Lipinski definition) is 4. The number of ketones is 1. The van der Waals surface area contributed by atoms with Crippen LogP contribution >= 0.6 is 23.2 Å². The molecule has 0 radical (unpaired) electrons. The van der Waals surface area contributed by atoms with Gasteiger partial charge in [0.1, 0.15) is 0 Å². The number of para-hydroxylation sites is 1. The van der Waals surface area contributed by atoms with Crippen molar-refractivity contribution in [2.45, 2.75) is 10.1 Å². The number of rotatable bonds is 3. The fraction of sp³-hybridized carbons (Fsp3) is 0.0625. The molecular weight excluding hydrogens is 387 g/mol. The molecule has 1 aliphatic heterocycles. The van der Waals surface area contributed by atoms with Crippen LogP contribution in [0.15, 0.2) is 47.4 Å². The SMILES string of the molecule is O=C(Nc1ccc(Cl)cc1Cl)C(=O)[C@@H]1C(=O)Nc2ccccc2[S@]1=O. The Balaban J connectivity index is 1.84. The van der Waals surface area contributed by atoms with Crippen LogP contribution in [0.1, 0.15) is 0 Å². The van der Waals surface area contributed by atoms with E-state index in [-0.39, 0.29) is 15.6 Å². The van der Waals surface area contributed by atoms with Crippen molar-refractivity contribution in [3.05, 3.63) is 52.5 Å². The maximum atomic E-state index is 12.5. The molecule has 2 aromatic carbocycles. The van der Waals surface area contributed by atoms with E-state index in [1.807, 2.05) is 0 Å². The van der Waals surface area contributed by atoms with Crippen molar-refractivity contribution in [3.8, 4) is 0 Å². The summed E-state index contributed by atoms with van der Waals surface area (Å²) in [5.74, 6) is -2.99. The zero-order valence-electron chi connectivity index (χ0n) is 12.4. The summed E-state index contributed by atoms with van der Waals surface area (Å²) in [7, 11) is -1.98. The lowest BCUT2D eigenvalue weighted by Crippen LogP contribution is -2.46. The van der Waals surface area contributed by atoms with Crippen molar-refractivity contribution in [1.29, 1.82) is 0 Å². The number of fused-ring (bicyclic) bond motifs is 1. The third kappa shape index (κ3) is 3.44. The van der Waals surface area contributed by atoms with E-state index in [4.69, 9.17) is 23.2 Å². The van der Waals surface area contributed by atoms with Gasteiger partial charge in [0.25, 0.3) is 5.91 Å². The topological polar surface area (TPSA) is 92.3 Å². The Hall–Kier alpha value is -2.22. The summed E-state index contributed by atoms with van der Waals surface area (Å²) < 4.78 is 12.5. The summed E-state index contributed by atoms with van der Waals surface area (Å²) >= 11 is 11.7. The van der Waals surface area contributed by atoms with E-state index < -0.39 is 33.6 Å². The maximum Gasteiger partial charge on any atom is 0.293 e. The van der Waals surface area contributed by atoms with E-state index in [0.717, 1.165) is 0 Å². The van der Waals surface area contributed by atoms with Crippen LogP contribution < -0.4 is 10.6 Å². The molecule has 2 amide bonds. The van der Waals surface area contributed by atoms with Gasteiger partial charge in [0.05, 0.1) is 32.1 Å². The van der Waals surface area contributed by atoms with Crippen LogP contribution in [-0.4, -0.2) is 27.1 Å². The third-order valence-corrected chi connectivity index (χ3v) is 5.65. The summed E-state index contributed by atoms with van der Waals surface area (Å²) in [6, 6.07) is 10.7. The Bertz CT molecular complexity index is 932. The van der Waals surface area contributed by atoms with Crippen LogP contribution in [0.25, 0.3) is 0 Å². The largest absolute Gasteiger partial charge is 0.324 e. The average Bonchev–Trinajstić information content (AvgIpc) is 2.57. The van der Waals surface area contributed by atoms with Gasteiger partial charge in [0.2, 0.25) is 11.7 Å². The fourth-order valence-electron chi connectivity index (χ4n) is 2.28. The van der Waals surface area contributed by atoms with Gasteiger partial charge in [0, 0.05) is 5.02 Å². The first-order chi connectivity index (χ1) is 11.9. The normalized spacial score (nSPS) is 18.9. The van der Waals surface area contributed by atoms with Gasteiger partial charge in [-0.3, -0.25) is 18.6 Å². The molecule has 2 N–H and O–H groups in total. The number of benzene rings is 2. The Morgan fingerprint density at radius 2 is 1.84 bits per heavy atom. The van der Waals surface area contributed by atoms with Crippen LogP contribution in [0.2, 0.25) is 10.0 Å². The zero-order valence-corrected chi connectivity index (χ0v) is 14.7. The Morgan fingerprint density at radius 3 is 2.56 bits per heavy atom. The molecule has 9 heteroatoms. The van der Waals surface area contributed by atoms with Crippen molar-refractivity contribution in [1.82, 2.24) is 0 Å². The Labute approximate surface area is 155 Å². The maximum absolute atomic E-state index is 12.5. The van der Waals surface area contributed by atoms with Gasteiger partial charge in [-0.05, 0) is 30.3 Å². The minimum absolute atomic E-state index is 0.133. The van der Waals surface area contributed by atoms with Gasteiger partial charge in [0.15, 0.2) is 5.25 Å². The average molecular weight is 397 g/mol. The Morgan fingerprint density at radius 1 is 1.12 bits per heavy atom. The summed E-state index contributed by atoms with van der Waals surface area (Å²) in [5.41, 5.74) is 0.517. The lowest BCUT2D eigenvalue weighted by atomic mass is 10.2. The van der Waals surface area contributed by atoms with Crippen molar-refractivity contribution >= 4 is 63.0 Å². The summed E-state index contributed by atoms with van der Waals surface area (Å²) in [5, 5.41) is 3.66. The number of halogens is 2. The molecule has 0 bridgehead atoms. The van der Waals surface area contributed by atoms with E-state index in [9.17, 15) is 18.6 Å². The molecule has 1 aliphatic rings. The minimum atomic E-state index is -1.98. The number of anilines is 2. The smallest absolute Gasteiger partial charge is 0.293 e. The highest BCUT2D eigenvalue weighted by atomic mass is 35.5. The number of carbonyl (C=O) groups is 3. The van der Waals surface area contributed by atoms with E-state index in [1.54, 1.807) is 18.2 Å². The highest BCUT2D eigenvalue weighted by molar-refractivity contribution is 7.87. The molecule has 3 rings (SSSR count). The van der Waals surface area contributed by atoms with Crippen LogP contribution in [0.3, 0.4) is 0 Å². The lowest BCUT2D eigenvalue weighted by molar-refractivity contribution is -0.136. The molecule has 0 fully saturated rings. The molecule has 2 atom stereocenters. The molecule has 0 saturated heterocycles. The van der Waals surface area contributed by atoms with Crippen molar-refractivity contribution < 1.29 is 18.6 Å². The van der Waals surface area contributed by atoms with Crippen LogP contribution in [0, 0.1) is 0 Å². The summed E-state index contributed by atoms with van der Waals surface area (Å²) in [6.07, 6.45) is 0. The molecule has 0 unspecified atom stereocenters. The molecule has 0 saturated carbocycles. The predicted molar refractivity (Wildman–Crippen MR) is 95.4 cm³/mol. The number of carbonyl (C=O) groups excluding carboxylic acids is 3. The second kappa shape index (κ2) is 6.95. The van der Waals surface area contributed by atoms with Gasteiger partial charge < -0.3 is 10.6 Å². The van der Waals surface area contributed by atoms with Gasteiger partial charge in [-0.1, -0.05) is 35.3 Å². The molecule has 0 aliphatic carbocycles. The minimum Gasteiger partial charge on any atom is -0.324 e. The number of Topliss-reactive ketones (excluding diaryl/α,β-unsaturated/α-hetero) is 1. The lowest BCUT2D eigenvalue weighted by Gasteiger charge is -2.22. The molecule has 25 heavy (non-hydrogen) atoms. The monoisotopic (exact) mass is 396 g/mol. The molecule has 128 valence electrons. The highest BCUT2D eigenvalue weighted by Crippen LogP contribution is 2.28. The standard InChI is InChI=1S/C16H10Cl2N2O4S/c17-8-5-6-10(9(18)7-8)19-15(22)13(21)14-16(23)20-11-3-1-2-4-12(11)25(14)24/h1-7,14H,(H,19,22)(H,20,23)/t14-,25-/m1/s1. The molecular formula is C16H10Cl2N2O4S. The van der Waals surface area contributed by atoms with E-state index in [0.29, 0.717) is 10.7 Å². The Kier molecular flexibility index (Phi) is 4.89. The van der Waals surface area contributed by atoms with Crippen molar-refractivity contribution in [2.75, 3.05) is 10.6 Å². The molecule has 1 heterocycles. The molecule has 2 aromatic rings. The second-order valence-electron chi connectivity index (χ2n) is 5.11. The van der Waals surface area contributed by atoms with Gasteiger partial charge in [-0.15, -0.1) is 0 Å².